The van der Waals surface area contributed by atoms with Crippen LogP contribution in [-0.2, 0) is 0 Å². The minimum atomic E-state index is 0.539. The summed E-state index contributed by atoms with van der Waals surface area (Å²) in [6, 6.07) is 18.1. The molecule has 1 aliphatic heterocycles. The highest BCUT2D eigenvalue weighted by Crippen LogP contribution is 2.27. The molecule has 0 saturated carbocycles. The van der Waals surface area contributed by atoms with Crippen molar-refractivity contribution < 1.29 is 0 Å². The summed E-state index contributed by atoms with van der Waals surface area (Å²) in [7, 11) is 0. The van der Waals surface area contributed by atoms with Gasteiger partial charge in [-0.3, -0.25) is 0 Å². The Hall–Kier alpha value is -1.96. The maximum atomic E-state index is 2.48. The summed E-state index contributed by atoms with van der Waals surface area (Å²) in [4.78, 5) is 4.94. The van der Waals surface area contributed by atoms with Crippen LogP contribution in [-0.4, -0.2) is 19.3 Å². The normalized spacial score (nSPS) is 18.6. The molecular weight excluding hydrogens is 244 g/mol. The van der Waals surface area contributed by atoms with E-state index >= 15 is 0 Å². The fourth-order valence-corrected chi connectivity index (χ4v) is 2.95. The summed E-state index contributed by atoms with van der Waals surface area (Å²) >= 11 is 0. The molecule has 0 aromatic heterocycles. The van der Waals surface area contributed by atoms with Crippen molar-refractivity contribution in [2.24, 2.45) is 0 Å². The number of benzene rings is 2. The summed E-state index contributed by atoms with van der Waals surface area (Å²) in [6.07, 6.45) is 0. The van der Waals surface area contributed by atoms with E-state index < -0.39 is 0 Å². The number of rotatable bonds is 2. The lowest BCUT2D eigenvalue weighted by atomic mass is 10.2. The molecule has 1 heterocycles. The van der Waals surface area contributed by atoms with Crippen molar-refractivity contribution in [2.75, 3.05) is 23.0 Å². The van der Waals surface area contributed by atoms with Gasteiger partial charge < -0.3 is 9.80 Å². The van der Waals surface area contributed by atoms with Crippen LogP contribution in [0.2, 0.25) is 0 Å². The number of hydrogen-bond donors (Lipinski definition) is 0. The maximum Gasteiger partial charge on any atom is 0.0907 e. The third-order valence-corrected chi connectivity index (χ3v) is 4.04. The highest BCUT2D eigenvalue weighted by molar-refractivity contribution is 5.57. The van der Waals surface area contributed by atoms with Crippen LogP contribution in [0.15, 0.2) is 48.5 Å². The van der Waals surface area contributed by atoms with E-state index in [2.05, 4.69) is 79.1 Å². The first kappa shape index (κ1) is 13.0. The predicted molar refractivity (Wildman–Crippen MR) is 86.5 cm³/mol. The molecule has 2 heteroatoms. The molecular formula is C18H22N2. The van der Waals surface area contributed by atoms with Gasteiger partial charge in [-0.05, 0) is 56.2 Å². The molecule has 1 fully saturated rings. The largest absolute Gasteiger partial charge is 0.352 e. The van der Waals surface area contributed by atoms with Gasteiger partial charge in [0.2, 0.25) is 0 Å². The zero-order chi connectivity index (χ0) is 14.1. The lowest BCUT2D eigenvalue weighted by Gasteiger charge is -2.23. The summed E-state index contributed by atoms with van der Waals surface area (Å²) in [5.74, 6) is 0. The van der Waals surface area contributed by atoms with Crippen LogP contribution in [0.25, 0.3) is 0 Å². The molecule has 104 valence electrons. The average molecular weight is 266 g/mol. The van der Waals surface area contributed by atoms with Crippen molar-refractivity contribution in [3.05, 3.63) is 59.7 Å². The maximum absolute atomic E-state index is 2.48. The third kappa shape index (κ3) is 2.51. The van der Waals surface area contributed by atoms with E-state index in [1.807, 2.05) is 0 Å². The molecule has 2 aromatic carbocycles. The van der Waals surface area contributed by atoms with E-state index in [-0.39, 0.29) is 0 Å². The summed E-state index contributed by atoms with van der Waals surface area (Å²) in [5.41, 5.74) is 5.30. The first-order valence-electron chi connectivity index (χ1n) is 7.28. The molecule has 0 spiro atoms. The van der Waals surface area contributed by atoms with Crippen LogP contribution in [0.3, 0.4) is 0 Å². The minimum absolute atomic E-state index is 0.539. The molecule has 1 saturated heterocycles. The molecule has 2 nitrogen and oxygen atoms in total. The van der Waals surface area contributed by atoms with Gasteiger partial charge in [0.05, 0.1) is 6.67 Å². The average Bonchev–Trinajstić information content (AvgIpc) is 2.81. The summed E-state index contributed by atoms with van der Waals surface area (Å²) < 4.78 is 0. The second-order valence-corrected chi connectivity index (χ2v) is 5.86. The van der Waals surface area contributed by atoms with Gasteiger partial charge in [0.15, 0.2) is 0 Å². The molecule has 2 aromatic rings. The van der Waals surface area contributed by atoms with Crippen molar-refractivity contribution in [1.82, 2.24) is 0 Å². The Kier molecular flexibility index (Phi) is 3.39. The predicted octanol–water partition coefficient (Wildman–Crippen LogP) is 3.98. The zero-order valence-electron chi connectivity index (χ0n) is 12.5. The smallest absolute Gasteiger partial charge is 0.0907 e. The van der Waals surface area contributed by atoms with Gasteiger partial charge in [-0.1, -0.05) is 24.3 Å². The van der Waals surface area contributed by atoms with E-state index in [0.29, 0.717) is 6.04 Å². The second kappa shape index (κ2) is 5.20. The molecule has 3 rings (SSSR count). The molecule has 1 unspecified atom stereocenters. The number of nitrogens with zero attached hydrogens (tertiary/aromatic N) is 2. The van der Waals surface area contributed by atoms with Crippen LogP contribution in [0.4, 0.5) is 11.4 Å². The Bertz CT molecular complexity index is 606. The molecule has 1 atom stereocenters. The molecule has 0 radical (unpaired) electrons. The first-order chi connectivity index (χ1) is 9.63. The van der Waals surface area contributed by atoms with Crippen LogP contribution in [0, 0.1) is 13.8 Å². The number of hydrogen-bond acceptors (Lipinski definition) is 2. The van der Waals surface area contributed by atoms with E-state index in [1.165, 1.54) is 22.5 Å². The van der Waals surface area contributed by atoms with Crippen LogP contribution in [0.1, 0.15) is 18.1 Å². The van der Waals surface area contributed by atoms with Gasteiger partial charge in [-0.15, -0.1) is 0 Å². The fourth-order valence-electron chi connectivity index (χ4n) is 2.95. The first-order valence-corrected chi connectivity index (χ1v) is 7.28. The Balaban J connectivity index is 1.83. The lowest BCUT2D eigenvalue weighted by molar-refractivity contribution is 0.777. The number of aryl methyl sites for hydroxylation is 2. The van der Waals surface area contributed by atoms with Gasteiger partial charge in [0, 0.05) is 24.0 Å². The highest BCUT2D eigenvalue weighted by Gasteiger charge is 2.27. The van der Waals surface area contributed by atoms with Gasteiger partial charge in [0.1, 0.15) is 0 Å². The van der Waals surface area contributed by atoms with Gasteiger partial charge in [-0.2, -0.15) is 0 Å². The standard InChI is InChI=1S/C18H22N2/c1-14-6-4-8-17(10-14)19-12-16(3)20(13-19)18-9-5-7-15(2)11-18/h4-11,16H,12-13H2,1-3H3. The molecule has 0 bridgehead atoms. The molecule has 0 aliphatic carbocycles. The van der Waals surface area contributed by atoms with Gasteiger partial charge >= 0.3 is 0 Å². The zero-order valence-corrected chi connectivity index (χ0v) is 12.5. The van der Waals surface area contributed by atoms with Crippen LogP contribution < -0.4 is 9.80 Å². The molecule has 1 aliphatic rings. The van der Waals surface area contributed by atoms with E-state index in [0.717, 1.165) is 13.2 Å². The minimum Gasteiger partial charge on any atom is -0.352 e. The molecule has 20 heavy (non-hydrogen) atoms. The third-order valence-electron chi connectivity index (χ3n) is 4.04. The monoisotopic (exact) mass is 266 g/mol. The van der Waals surface area contributed by atoms with Crippen molar-refractivity contribution in [1.29, 1.82) is 0 Å². The van der Waals surface area contributed by atoms with Crippen molar-refractivity contribution in [3.8, 4) is 0 Å². The van der Waals surface area contributed by atoms with Crippen molar-refractivity contribution >= 4 is 11.4 Å². The summed E-state index contributed by atoms with van der Waals surface area (Å²) in [6.45, 7) is 8.66. The van der Waals surface area contributed by atoms with E-state index in [4.69, 9.17) is 0 Å². The van der Waals surface area contributed by atoms with Crippen LogP contribution >= 0.6 is 0 Å². The highest BCUT2D eigenvalue weighted by atomic mass is 15.4. The quantitative estimate of drug-likeness (QED) is 0.811. The lowest BCUT2D eigenvalue weighted by Crippen LogP contribution is -2.28. The van der Waals surface area contributed by atoms with Gasteiger partial charge in [-0.25, -0.2) is 0 Å². The van der Waals surface area contributed by atoms with Crippen LogP contribution in [0.5, 0.6) is 0 Å². The second-order valence-electron chi connectivity index (χ2n) is 5.86. The Morgan fingerprint density at radius 1 is 0.900 bits per heavy atom. The molecule has 0 amide bonds. The molecule has 0 N–H and O–H groups in total. The fraction of sp³-hybridized carbons (Fsp3) is 0.333. The van der Waals surface area contributed by atoms with Crippen molar-refractivity contribution in [2.45, 2.75) is 26.8 Å². The Morgan fingerprint density at radius 3 is 2.15 bits per heavy atom. The van der Waals surface area contributed by atoms with E-state index in [1.54, 1.807) is 0 Å². The Labute approximate surface area is 121 Å². The SMILES string of the molecule is Cc1cccc(N2CC(C)N(c3cccc(C)c3)C2)c1. The number of anilines is 2. The van der Waals surface area contributed by atoms with E-state index in [9.17, 15) is 0 Å². The van der Waals surface area contributed by atoms with Crippen molar-refractivity contribution in [3.63, 3.8) is 0 Å². The van der Waals surface area contributed by atoms with Gasteiger partial charge in [0.25, 0.3) is 0 Å². The topological polar surface area (TPSA) is 6.48 Å². The Morgan fingerprint density at radius 2 is 1.50 bits per heavy atom. The summed E-state index contributed by atoms with van der Waals surface area (Å²) in [5, 5.41) is 0.